The first-order valence-electron chi connectivity index (χ1n) is 30.4. The fourth-order valence-electron chi connectivity index (χ4n) is 11.7. The maximum Gasteiger partial charge on any atom is 0.416 e. The van der Waals surface area contributed by atoms with Gasteiger partial charge in [-0.15, -0.1) is 0 Å². The number of H-pyrrole nitrogens is 1. The molecule has 1 spiro atoms. The van der Waals surface area contributed by atoms with Gasteiger partial charge in [0.15, 0.2) is 5.96 Å². The lowest BCUT2D eigenvalue weighted by Gasteiger charge is -2.37. The molecule has 0 radical (unpaired) electrons. The molecule has 31 heteroatoms. The number of hydrogen-bond acceptors (Lipinski definition) is 15. The zero-order valence-corrected chi connectivity index (χ0v) is 52.4. The van der Waals surface area contributed by atoms with Crippen LogP contribution in [0.1, 0.15) is 115 Å². The highest BCUT2D eigenvalue weighted by Gasteiger charge is 2.43. The van der Waals surface area contributed by atoms with Crippen LogP contribution in [0, 0.1) is 5.92 Å². The number of nitrogens with one attached hydrogen (secondary N) is 8. The van der Waals surface area contributed by atoms with Gasteiger partial charge in [-0.3, -0.25) is 62.3 Å². The molecule has 91 heavy (non-hydrogen) atoms. The number of aromatic amines is 1. The van der Waals surface area contributed by atoms with E-state index in [0.717, 1.165) is 34.7 Å². The van der Waals surface area contributed by atoms with Gasteiger partial charge in [0, 0.05) is 78.0 Å². The van der Waals surface area contributed by atoms with Gasteiger partial charge in [-0.05, 0) is 74.1 Å². The number of guanidine groups is 1. The third kappa shape index (κ3) is 18.9. The molecule has 3 fully saturated rings. The van der Waals surface area contributed by atoms with Crippen LogP contribution in [0.25, 0.3) is 21.8 Å². The Labute approximate surface area is 532 Å². The van der Waals surface area contributed by atoms with Gasteiger partial charge in [0.2, 0.25) is 65.0 Å². The topological polar surface area (TPSA) is 476 Å². The molecule has 2 aliphatic heterocycles. The first-order chi connectivity index (χ1) is 43.4. The van der Waals surface area contributed by atoms with Crippen LogP contribution in [-0.4, -0.2) is 169 Å². The van der Waals surface area contributed by atoms with E-state index in [-0.39, 0.29) is 69.7 Å². The van der Waals surface area contributed by atoms with Gasteiger partial charge in [-0.1, -0.05) is 97.5 Å². The summed E-state index contributed by atoms with van der Waals surface area (Å²) >= 11 is 0. The summed E-state index contributed by atoms with van der Waals surface area (Å²) in [6.45, 7) is 3.49. The average Bonchev–Trinajstić information content (AvgIpc) is 1.84. The number of nitrogens with zero attached hydrogens (tertiary/aromatic N) is 3. The molecule has 7 rings (SSSR count). The minimum Gasteiger partial charge on any atom is -0.464 e. The van der Waals surface area contributed by atoms with E-state index in [1.54, 1.807) is 44.3 Å². The Morgan fingerprint density at radius 1 is 0.769 bits per heavy atom. The smallest absolute Gasteiger partial charge is 0.416 e. The molecule has 492 valence electrons. The number of likely N-dealkylation sites (tertiary alicyclic amines) is 1. The second kappa shape index (κ2) is 32.2. The molecule has 4 heterocycles. The van der Waals surface area contributed by atoms with Gasteiger partial charge in [-0.2, -0.15) is 0 Å². The van der Waals surface area contributed by atoms with E-state index in [9.17, 15) is 57.8 Å². The van der Waals surface area contributed by atoms with Crippen molar-refractivity contribution < 1.29 is 62.6 Å². The number of carbonyl (C=O) groups excluding carboxylic acids is 11. The Balaban J connectivity index is 1.20. The Kier molecular flexibility index (Phi) is 24.7. The van der Waals surface area contributed by atoms with Crippen LogP contribution in [-0.2, 0) is 65.6 Å². The van der Waals surface area contributed by atoms with E-state index < -0.39 is 149 Å². The van der Waals surface area contributed by atoms with Crippen LogP contribution in [0.5, 0.6) is 0 Å². The molecule has 4 aromatic rings. The number of hydrogen-bond donors (Lipinski definition) is 14. The number of aliphatic imine (C=N–C) groups is 1. The normalized spacial score (nSPS) is 22.2. The standard InChI is InChI=1S/C60H82N16O13S2/c1-3-32(2)49-56(86)70-39(19-20-46(61)77)52(82)72-42(27-47(62)78)53(83)73-43(31-90-91-60(21-9-4-10-22-60)28-48(79)68-41(54(84)74-49)25-33-29-67-37-15-7-5-13-35(33)37)57(87)75-24-12-18-45(75)55(85)69-38(16-11-23-66-58(64)65)51(81)71-40(50(63)80)26-34-30-76(59(88)89)44-17-8-6-14-36(34)44/h5-8,13-15,17,29-30,32,38-43,45,49,67H,3-4,9-12,16,18-28,31H2,1-2H3,(H2,61,77)(H2,62,78)(H2,63,80)(H,68,79)(H,69,85)(H,70,86)(H,71,81)(H,72,82)(H,73,83)(H,74,84)(H,88,89)(H4,64,65,66)/t32-,38+,39+,40+,41-,42-,43-,45+,49-/m0/s1. The van der Waals surface area contributed by atoms with Crippen molar-refractivity contribution in [2.75, 3.05) is 18.8 Å². The molecular formula is C60H82N16O13S2. The molecule has 2 saturated heterocycles. The number of amides is 11. The molecule has 3 aliphatic rings. The quantitative estimate of drug-likeness (QED) is 0.0227. The van der Waals surface area contributed by atoms with E-state index in [2.05, 4.69) is 47.2 Å². The largest absolute Gasteiger partial charge is 0.464 e. The first kappa shape index (κ1) is 69.6. The van der Waals surface area contributed by atoms with Crippen LogP contribution in [0.3, 0.4) is 0 Å². The lowest BCUT2D eigenvalue weighted by Crippen LogP contribution is -2.61. The zero-order chi connectivity index (χ0) is 66.1. The summed E-state index contributed by atoms with van der Waals surface area (Å²) in [6, 6.07) is 2.43. The highest BCUT2D eigenvalue weighted by molar-refractivity contribution is 8.77. The van der Waals surface area contributed by atoms with Crippen LogP contribution >= 0.6 is 21.6 Å². The SMILES string of the molecule is CC[C@H](C)[C@@H]1NC(=O)[C@H](Cc2c[nH]c3ccccc23)NC(=O)CC2(CCCCC2)SSC[C@@H](C(=O)N2CCC[C@@H]2C(=O)N[C@H](CCCN=C(N)N)C(=O)N[C@H](Cc2cn(C(=O)O)c3ccccc23)C(N)=O)NC(=O)[C@H](CC(N)=O)NC(=O)[C@@H](CCC(N)=O)NC1=O. The number of para-hydroxylation sites is 2. The highest BCUT2D eigenvalue weighted by atomic mass is 33.1. The van der Waals surface area contributed by atoms with Crippen LogP contribution in [0.2, 0.25) is 0 Å². The number of carboxylic acid groups (broad SMARTS) is 1. The van der Waals surface area contributed by atoms with Crippen molar-refractivity contribution in [3.05, 3.63) is 72.1 Å². The molecule has 1 aliphatic carbocycles. The zero-order valence-electron chi connectivity index (χ0n) is 50.8. The molecule has 2 aromatic heterocycles. The van der Waals surface area contributed by atoms with Gasteiger partial charge < -0.3 is 80.9 Å². The van der Waals surface area contributed by atoms with E-state index in [0.29, 0.717) is 41.3 Å². The molecule has 29 nitrogen and oxygen atoms in total. The number of rotatable bonds is 21. The van der Waals surface area contributed by atoms with Crippen molar-refractivity contribution >= 4 is 120 Å². The Hall–Kier alpha value is -8.87. The fraction of sp³-hybridized carbons (Fsp3) is 0.517. The molecule has 0 unspecified atom stereocenters. The molecule has 11 amide bonds. The minimum absolute atomic E-state index is 0.00327. The van der Waals surface area contributed by atoms with Gasteiger partial charge in [0.25, 0.3) is 0 Å². The summed E-state index contributed by atoms with van der Waals surface area (Å²) in [5, 5.41) is 30.1. The van der Waals surface area contributed by atoms with Crippen LogP contribution in [0.15, 0.2) is 65.9 Å². The summed E-state index contributed by atoms with van der Waals surface area (Å²) in [7, 11) is 2.49. The predicted octanol–water partition coefficient (Wildman–Crippen LogP) is 0.0324. The van der Waals surface area contributed by atoms with Crippen molar-refractivity contribution in [3.8, 4) is 0 Å². The third-order valence-electron chi connectivity index (χ3n) is 16.7. The van der Waals surface area contributed by atoms with Gasteiger partial charge in [0.1, 0.15) is 48.3 Å². The summed E-state index contributed by atoms with van der Waals surface area (Å²) < 4.78 is 0.197. The predicted molar refractivity (Wildman–Crippen MR) is 341 cm³/mol. The van der Waals surface area contributed by atoms with E-state index >= 15 is 4.79 Å². The van der Waals surface area contributed by atoms with Crippen molar-refractivity contribution in [1.29, 1.82) is 0 Å². The molecule has 19 N–H and O–H groups in total. The monoisotopic (exact) mass is 1300 g/mol. The molecule has 9 atom stereocenters. The molecule has 1 saturated carbocycles. The minimum atomic E-state index is -1.80. The van der Waals surface area contributed by atoms with Crippen molar-refractivity contribution in [2.45, 2.75) is 170 Å². The van der Waals surface area contributed by atoms with Crippen molar-refractivity contribution in [1.82, 2.24) is 51.7 Å². The molecule has 0 bridgehead atoms. The van der Waals surface area contributed by atoms with Crippen molar-refractivity contribution in [3.63, 3.8) is 0 Å². The second-order valence-corrected chi connectivity index (χ2v) is 26.2. The van der Waals surface area contributed by atoms with E-state index in [1.807, 2.05) is 24.3 Å². The van der Waals surface area contributed by atoms with Gasteiger partial charge in [0.05, 0.1) is 11.9 Å². The Morgan fingerprint density at radius 3 is 2.13 bits per heavy atom. The number of carbonyl (C=O) groups is 12. The maximum atomic E-state index is 15.2. The summed E-state index contributed by atoms with van der Waals surface area (Å²) in [6.07, 6.45) is 3.95. The summed E-state index contributed by atoms with van der Waals surface area (Å²) in [5.74, 6) is -10.5. The number of fused-ring (bicyclic) bond motifs is 2. The lowest BCUT2D eigenvalue weighted by molar-refractivity contribution is -0.142. The van der Waals surface area contributed by atoms with Crippen LogP contribution in [0.4, 0.5) is 4.79 Å². The number of nitrogens with two attached hydrogens (primary N) is 5. The van der Waals surface area contributed by atoms with Crippen molar-refractivity contribution in [2.24, 2.45) is 39.6 Å². The fourth-order valence-corrected chi connectivity index (χ4v) is 15.1. The van der Waals surface area contributed by atoms with Gasteiger partial charge >= 0.3 is 6.09 Å². The number of aromatic nitrogens is 2. The second-order valence-electron chi connectivity index (χ2n) is 23.4. The van der Waals surface area contributed by atoms with E-state index in [4.69, 9.17) is 28.7 Å². The number of benzene rings is 2. The van der Waals surface area contributed by atoms with Gasteiger partial charge in [-0.25, -0.2) is 4.79 Å². The number of primary amides is 3. The Morgan fingerprint density at radius 2 is 1.45 bits per heavy atom. The Bertz CT molecular complexity index is 3400. The average molecular weight is 1300 g/mol. The summed E-state index contributed by atoms with van der Waals surface area (Å²) in [4.78, 5) is 176. The maximum absolute atomic E-state index is 15.2. The third-order valence-corrected chi connectivity index (χ3v) is 20.0. The van der Waals surface area contributed by atoms with Crippen LogP contribution < -0.4 is 65.9 Å². The molecular weight excluding hydrogens is 1220 g/mol. The first-order valence-corrected chi connectivity index (χ1v) is 32.7. The lowest BCUT2D eigenvalue weighted by atomic mass is 9.85. The summed E-state index contributed by atoms with van der Waals surface area (Å²) in [5.41, 5.74) is 30.3. The highest BCUT2D eigenvalue weighted by Crippen LogP contribution is 2.48. The molecule has 2 aromatic carbocycles. The van der Waals surface area contributed by atoms with E-state index in [1.165, 1.54) is 32.7 Å².